The molecule has 17 heavy (non-hydrogen) atoms. The van der Waals surface area contributed by atoms with Crippen molar-refractivity contribution in [1.82, 2.24) is 25.3 Å². The second-order valence-electron chi connectivity index (χ2n) is 4.38. The van der Waals surface area contributed by atoms with Crippen LogP contribution in [0.2, 0.25) is 0 Å². The Morgan fingerprint density at radius 1 is 1.24 bits per heavy atom. The number of hydrogen-bond acceptors (Lipinski definition) is 6. The minimum absolute atomic E-state index is 0.213. The van der Waals surface area contributed by atoms with Gasteiger partial charge < -0.3 is 9.64 Å². The predicted molar refractivity (Wildman–Crippen MR) is 60.8 cm³/mol. The zero-order chi connectivity index (χ0) is 11.8. The molecule has 3 rings (SSSR count). The van der Waals surface area contributed by atoms with Crippen molar-refractivity contribution in [2.24, 2.45) is 0 Å². The summed E-state index contributed by atoms with van der Waals surface area (Å²) in [4.78, 5) is 2.19. The highest BCUT2D eigenvalue weighted by molar-refractivity contribution is 5.44. The lowest BCUT2D eigenvalue weighted by Crippen LogP contribution is -2.46. The summed E-state index contributed by atoms with van der Waals surface area (Å²) < 4.78 is 7.14. The van der Waals surface area contributed by atoms with Crippen LogP contribution in [0.4, 0.5) is 5.82 Å². The molecule has 1 saturated heterocycles. The van der Waals surface area contributed by atoms with Crippen LogP contribution >= 0.6 is 0 Å². The van der Waals surface area contributed by atoms with Crippen LogP contribution in [-0.2, 0) is 4.74 Å². The average molecular weight is 234 g/mol. The van der Waals surface area contributed by atoms with Gasteiger partial charge in [0.15, 0.2) is 11.5 Å². The number of anilines is 1. The number of aromatic nitrogens is 5. The fourth-order valence-electron chi connectivity index (χ4n) is 2.17. The third-order valence-electron chi connectivity index (χ3n) is 2.80. The molecule has 2 aromatic heterocycles. The highest BCUT2D eigenvalue weighted by atomic mass is 16.5. The normalized spacial score (nSPS) is 25.4. The van der Waals surface area contributed by atoms with E-state index in [9.17, 15) is 0 Å². The Hall–Kier alpha value is -1.76. The molecule has 0 bridgehead atoms. The van der Waals surface area contributed by atoms with E-state index in [2.05, 4.69) is 39.4 Å². The van der Waals surface area contributed by atoms with E-state index in [0.29, 0.717) is 5.65 Å². The lowest BCUT2D eigenvalue weighted by Gasteiger charge is -2.35. The molecule has 90 valence electrons. The maximum atomic E-state index is 5.69. The molecule has 7 heteroatoms. The van der Waals surface area contributed by atoms with E-state index in [0.717, 1.165) is 18.9 Å². The first-order valence-electron chi connectivity index (χ1n) is 5.68. The Balaban J connectivity index is 1.91. The van der Waals surface area contributed by atoms with Crippen LogP contribution in [0.25, 0.3) is 5.65 Å². The van der Waals surface area contributed by atoms with Crippen LogP contribution < -0.4 is 4.90 Å². The van der Waals surface area contributed by atoms with Gasteiger partial charge in [0, 0.05) is 13.1 Å². The minimum atomic E-state index is 0.213. The van der Waals surface area contributed by atoms with Gasteiger partial charge in [-0.2, -0.15) is 0 Å². The molecular weight excluding hydrogens is 220 g/mol. The standard InChI is InChI=1S/C10H14N6O/c1-7-5-15(6-8(2)17-7)10-4-3-9-11-13-14-16(9)12-10/h3-4,7-8H,5-6H2,1-2H3/t7-,8+. The predicted octanol–water partition coefficient (Wildman–Crippen LogP) is 0.133. The number of morpholine rings is 1. The van der Waals surface area contributed by atoms with E-state index in [-0.39, 0.29) is 12.2 Å². The molecule has 0 saturated carbocycles. The second kappa shape index (κ2) is 3.92. The SMILES string of the molecule is C[C@@H]1CN(c2ccc3nnnn3n2)C[C@H](C)O1. The zero-order valence-electron chi connectivity index (χ0n) is 9.82. The van der Waals surface area contributed by atoms with E-state index in [1.165, 1.54) is 4.63 Å². The Morgan fingerprint density at radius 2 is 2.00 bits per heavy atom. The molecule has 3 heterocycles. The van der Waals surface area contributed by atoms with Gasteiger partial charge in [-0.1, -0.05) is 0 Å². The number of ether oxygens (including phenoxy) is 1. The smallest absolute Gasteiger partial charge is 0.200 e. The Kier molecular flexibility index (Phi) is 2.40. The summed E-state index contributed by atoms with van der Waals surface area (Å²) in [6.45, 7) is 5.81. The molecule has 1 aliphatic rings. The first kappa shape index (κ1) is 10.4. The van der Waals surface area contributed by atoms with Crippen LogP contribution in [-0.4, -0.2) is 50.6 Å². The van der Waals surface area contributed by atoms with E-state index in [1.807, 2.05) is 12.1 Å². The molecule has 0 aliphatic carbocycles. The number of hydrogen-bond donors (Lipinski definition) is 0. The lowest BCUT2D eigenvalue weighted by atomic mass is 10.2. The van der Waals surface area contributed by atoms with Crippen LogP contribution in [0, 0.1) is 0 Å². The molecule has 0 N–H and O–H groups in total. The Morgan fingerprint density at radius 3 is 2.76 bits per heavy atom. The second-order valence-corrected chi connectivity index (χ2v) is 4.38. The summed E-state index contributed by atoms with van der Waals surface area (Å²) in [6, 6.07) is 3.81. The van der Waals surface area contributed by atoms with Gasteiger partial charge in [-0.25, -0.2) is 0 Å². The average Bonchev–Trinajstić information content (AvgIpc) is 2.74. The van der Waals surface area contributed by atoms with Gasteiger partial charge in [-0.05, 0) is 36.4 Å². The van der Waals surface area contributed by atoms with Crippen molar-refractivity contribution in [1.29, 1.82) is 0 Å². The monoisotopic (exact) mass is 234 g/mol. The molecule has 0 aromatic carbocycles. The molecule has 1 aliphatic heterocycles. The molecule has 2 atom stereocenters. The molecule has 7 nitrogen and oxygen atoms in total. The van der Waals surface area contributed by atoms with Crippen LogP contribution in [0.1, 0.15) is 13.8 Å². The molecule has 0 spiro atoms. The third-order valence-corrected chi connectivity index (χ3v) is 2.80. The van der Waals surface area contributed by atoms with Crippen molar-refractivity contribution >= 4 is 11.5 Å². The topological polar surface area (TPSA) is 68.4 Å². The minimum Gasteiger partial charge on any atom is -0.372 e. The van der Waals surface area contributed by atoms with Crippen LogP contribution in [0.15, 0.2) is 12.1 Å². The van der Waals surface area contributed by atoms with Crippen molar-refractivity contribution in [2.45, 2.75) is 26.1 Å². The Labute approximate surface area is 98.4 Å². The summed E-state index contributed by atoms with van der Waals surface area (Å²) in [5.41, 5.74) is 0.656. The molecule has 2 aromatic rings. The maximum absolute atomic E-state index is 5.69. The van der Waals surface area contributed by atoms with Gasteiger partial charge >= 0.3 is 0 Å². The van der Waals surface area contributed by atoms with Gasteiger partial charge in [-0.15, -0.1) is 14.8 Å². The van der Waals surface area contributed by atoms with Crippen LogP contribution in [0.3, 0.4) is 0 Å². The fraction of sp³-hybridized carbons (Fsp3) is 0.600. The Bertz CT molecular complexity index is 516. The number of tetrazole rings is 1. The summed E-state index contributed by atoms with van der Waals surface area (Å²) >= 11 is 0. The van der Waals surface area contributed by atoms with Gasteiger partial charge in [0.25, 0.3) is 0 Å². The van der Waals surface area contributed by atoms with Gasteiger partial charge in [0.1, 0.15) is 0 Å². The highest BCUT2D eigenvalue weighted by Crippen LogP contribution is 2.17. The van der Waals surface area contributed by atoms with Gasteiger partial charge in [-0.3, -0.25) is 0 Å². The van der Waals surface area contributed by atoms with Gasteiger partial charge in [0.05, 0.1) is 12.2 Å². The molecule has 1 fully saturated rings. The molecule has 0 radical (unpaired) electrons. The summed E-state index contributed by atoms with van der Waals surface area (Å²) in [7, 11) is 0. The number of fused-ring (bicyclic) bond motifs is 1. The van der Waals surface area contributed by atoms with Crippen molar-refractivity contribution in [2.75, 3.05) is 18.0 Å². The largest absolute Gasteiger partial charge is 0.372 e. The summed E-state index contributed by atoms with van der Waals surface area (Å²) in [6.07, 6.45) is 0.426. The van der Waals surface area contributed by atoms with E-state index < -0.39 is 0 Å². The van der Waals surface area contributed by atoms with E-state index >= 15 is 0 Å². The lowest BCUT2D eigenvalue weighted by molar-refractivity contribution is -0.00552. The first-order chi connectivity index (χ1) is 8.22. The van der Waals surface area contributed by atoms with Gasteiger partial charge in [0.2, 0.25) is 0 Å². The third kappa shape index (κ3) is 1.93. The quantitative estimate of drug-likeness (QED) is 0.698. The zero-order valence-corrected chi connectivity index (χ0v) is 9.82. The van der Waals surface area contributed by atoms with Crippen molar-refractivity contribution < 1.29 is 4.74 Å². The van der Waals surface area contributed by atoms with Crippen molar-refractivity contribution in [3.05, 3.63) is 12.1 Å². The van der Waals surface area contributed by atoms with E-state index in [4.69, 9.17) is 4.74 Å². The maximum Gasteiger partial charge on any atom is 0.200 e. The fourth-order valence-corrected chi connectivity index (χ4v) is 2.17. The molecule has 0 unspecified atom stereocenters. The molecule has 0 amide bonds. The number of nitrogens with zero attached hydrogens (tertiary/aromatic N) is 6. The summed E-state index contributed by atoms with van der Waals surface area (Å²) in [5.74, 6) is 0.881. The highest BCUT2D eigenvalue weighted by Gasteiger charge is 2.23. The van der Waals surface area contributed by atoms with Crippen LogP contribution in [0.5, 0.6) is 0 Å². The number of rotatable bonds is 1. The molecular formula is C10H14N6O. The van der Waals surface area contributed by atoms with Crippen molar-refractivity contribution in [3.8, 4) is 0 Å². The van der Waals surface area contributed by atoms with E-state index in [1.54, 1.807) is 0 Å². The summed E-state index contributed by atoms with van der Waals surface area (Å²) in [5, 5.41) is 15.6. The van der Waals surface area contributed by atoms with Crippen molar-refractivity contribution in [3.63, 3.8) is 0 Å². The first-order valence-corrected chi connectivity index (χ1v) is 5.68.